The van der Waals surface area contributed by atoms with Gasteiger partial charge in [-0.25, -0.2) is 4.79 Å². The molecule has 18 heavy (non-hydrogen) atoms. The maximum Gasteiger partial charge on any atom is 0.336 e. The third kappa shape index (κ3) is 3.77. The number of carboxylic acid groups (broad SMARTS) is 3. The number of hydrogen-bond donors (Lipinski definition) is 3. The van der Waals surface area contributed by atoms with Crippen molar-refractivity contribution in [1.82, 2.24) is 0 Å². The van der Waals surface area contributed by atoms with Gasteiger partial charge in [0.15, 0.2) is 0 Å². The summed E-state index contributed by atoms with van der Waals surface area (Å²) in [7, 11) is 0. The van der Waals surface area contributed by atoms with Crippen LogP contribution < -0.4 is 0 Å². The van der Waals surface area contributed by atoms with Gasteiger partial charge in [-0.1, -0.05) is 12.1 Å². The van der Waals surface area contributed by atoms with Crippen LogP contribution in [-0.4, -0.2) is 38.5 Å². The standard InChI is InChI=1S/C11H10O6S/c12-9(13)5-8(11(16)17)18-7-4-2-1-3-6(7)10(14)15/h1-4,8H,5H2,(H,12,13)(H,14,15)(H,16,17). The maximum absolute atomic E-state index is 10.9. The van der Waals surface area contributed by atoms with Gasteiger partial charge in [0, 0.05) is 4.90 Å². The van der Waals surface area contributed by atoms with E-state index in [0.29, 0.717) is 0 Å². The molecule has 1 rings (SSSR count). The van der Waals surface area contributed by atoms with Crippen molar-refractivity contribution in [2.24, 2.45) is 0 Å². The number of carbonyl (C=O) groups is 3. The first-order valence-corrected chi connectivity index (χ1v) is 5.73. The second kappa shape index (κ2) is 6.06. The largest absolute Gasteiger partial charge is 0.481 e. The zero-order valence-corrected chi connectivity index (χ0v) is 9.88. The summed E-state index contributed by atoms with van der Waals surface area (Å²) in [4.78, 5) is 32.6. The summed E-state index contributed by atoms with van der Waals surface area (Å²) >= 11 is 0.719. The van der Waals surface area contributed by atoms with Crippen molar-refractivity contribution >= 4 is 29.7 Å². The summed E-state index contributed by atoms with van der Waals surface area (Å²) in [5, 5.41) is 25.2. The third-order valence-electron chi connectivity index (χ3n) is 2.02. The Hall–Kier alpha value is -2.02. The van der Waals surface area contributed by atoms with Gasteiger partial charge in [0.25, 0.3) is 0 Å². The van der Waals surface area contributed by atoms with Crippen molar-refractivity contribution < 1.29 is 29.7 Å². The smallest absolute Gasteiger partial charge is 0.336 e. The lowest BCUT2D eigenvalue weighted by molar-refractivity contribution is -0.142. The minimum Gasteiger partial charge on any atom is -0.481 e. The van der Waals surface area contributed by atoms with Gasteiger partial charge >= 0.3 is 17.9 Å². The Morgan fingerprint density at radius 2 is 1.72 bits per heavy atom. The molecule has 1 aromatic rings. The fourth-order valence-corrected chi connectivity index (χ4v) is 2.31. The van der Waals surface area contributed by atoms with Gasteiger partial charge < -0.3 is 15.3 Å². The first-order valence-electron chi connectivity index (χ1n) is 4.85. The Bertz CT molecular complexity index is 484. The monoisotopic (exact) mass is 270 g/mol. The van der Waals surface area contributed by atoms with Crippen LogP contribution in [0.5, 0.6) is 0 Å². The lowest BCUT2D eigenvalue weighted by Gasteiger charge is -2.11. The van der Waals surface area contributed by atoms with E-state index in [9.17, 15) is 14.4 Å². The average molecular weight is 270 g/mol. The highest BCUT2D eigenvalue weighted by Crippen LogP contribution is 2.28. The van der Waals surface area contributed by atoms with Crippen molar-refractivity contribution in [1.29, 1.82) is 0 Å². The molecule has 1 aromatic carbocycles. The maximum atomic E-state index is 10.9. The Labute approximate surface area is 106 Å². The predicted molar refractivity (Wildman–Crippen MR) is 62.9 cm³/mol. The van der Waals surface area contributed by atoms with Crippen molar-refractivity contribution in [3.05, 3.63) is 29.8 Å². The van der Waals surface area contributed by atoms with Crippen LogP contribution in [-0.2, 0) is 9.59 Å². The molecule has 0 spiro atoms. The minimum absolute atomic E-state index is 0.0425. The Morgan fingerprint density at radius 3 is 2.22 bits per heavy atom. The molecule has 0 aliphatic rings. The molecule has 0 amide bonds. The van der Waals surface area contributed by atoms with Gasteiger partial charge in [0.2, 0.25) is 0 Å². The molecule has 0 saturated carbocycles. The van der Waals surface area contributed by atoms with Crippen molar-refractivity contribution in [2.75, 3.05) is 0 Å². The van der Waals surface area contributed by atoms with E-state index in [0.717, 1.165) is 11.8 Å². The van der Waals surface area contributed by atoms with Crippen LogP contribution in [0.1, 0.15) is 16.8 Å². The SMILES string of the molecule is O=C(O)CC(Sc1ccccc1C(=O)O)C(=O)O. The molecular formula is C11H10O6S. The number of aromatic carboxylic acids is 1. The fourth-order valence-electron chi connectivity index (χ4n) is 1.24. The van der Waals surface area contributed by atoms with Crippen molar-refractivity contribution in [3.63, 3.8) is 0 Å². The van der Waals surface area contributed by atoms with Crippen LogP contribution >= 0.6 is 11.8 Å². The summed E-state index contributed by atoms with van der Waals surface area (Å²) in [5.41, 5.74) is -0.0425. The van der Waals surface area contributed by atoms with Gasteiger partial charge in [0.1, 0.15) is 5.25 Å². The highest BCUT2D eigenvalue weighted by atomic mass is 32.2. The molecule has 1 unspecified atom stereocenters. The van der Waals surface area contributed by atoms with Gasteiger partial charge in [-0.2, -0.15) is 0 Å². The van der Waals surface area contributed by atoms with E-state index >= 15 is 0 Å². The Kier molecular flexibility index (Phi) is 4.73. The molecule has 1 atom stereocenters. The van der Waals surface area contributed by atoms with Gasteiger partial charge in [0.05, 0.1) is 12.0 Å². The highest BCUT2D eigenvalue weighted by Gasteiger charge is 2.24. The minimum atomic E-state index is -1.29. The molecule has 0 aliphatic carbocycles. The second-order valence-corrected chi connectivity index (χ2v) is 4.59. The van der Waals surface area contributed by atoms with Crippen LogP contribution in [0.25, 0.3) is 0 Å². The molecule has 6 nitrogen and oxygen atoms in total. The summed E-state index contributed by atoms with van der Waals surface area (Å²) in [6, 6.07) is 5.87. The quantitative estimate of drug-likeness (QED) is 0.670. The topological polar surface area (TPSA) is 112 Å². The average Bonchev–Trinajstić information content (AvgIpc) is 2.27. The van der Waals surface area contributed by atoms with Crippen molar-refractivity contribution in [3.8, 4) is 0 Å². The van der Waals surface area contributed by atoms with Crippen LogP contribution in [0.3, 0.4) is 0 Å². The van der Waals surface area contributed by atoms with Crippen molar-refractivity contribution in [2.45, 2.75) is 16.6 Å². The second-order valence-electron chi connectivity index (χ2n) is 3.34. The molecule has 7 heteroatoms. The summed E-state index contributed by atoms with van der Waals surface area (Å²) in [5.74, 6) is -3.72. The van der Waals surface area contributed by atoms with Gasteiger partial charge in [-0.3, -0.25) is 9.59 Å². The molecule has 0 fully saturated rings. The van der Waals surface area contributed by atoms with Crippen LogP contribution in [0.4, 0.5) is 0 Å². The Balaban J connectivity index is 2.97. The number of aliphatic carboxylic acids is 2. The molecule has 0 aromatic heterocycles. The Morgan fingerprint density at radius 1 is 1.11 bits per heavy atom. The lowest BCUT2D eigenvalue weighted by atomic mass is 10.2. The van der Waals surface area contributed by atoms with E-state index in [4.69, 9.17) is 15.3 Å². The zero-order chi connectivity index (χ0) is 13.7. The lowest BCUT2D eigenvalue weighted by Crippen LogP contribution is -2.20. The van der Waals surface area contributed by atoms with Gasteiger partial charge in [-0.05, 0) is 12.1 Å². The first-order chi connectivity index (χ1) is 8.41. The van der Waals surface area contributed by atoms with E-state index in [2.05, 4.69) is 0 Å². The molecular weight excluding hydrogens is 260 g/mol. The van der Waals surface area contributed by atoms with Gasteiger partial charge in [-0.15, -0.1) is 11.8 Å². The number of thioether (sulfide) groups is 1. The van der Waals surface area contributed by atoms with E-state index < -0.39 is 29.6 Å². The first kappa shape index (κ1) is 14.0. The molecule has 0 aliphatic heterocycles. The summed E-state index contributed by atoms with van der Waals surface area (Å²) in [6.45, 7) is 0. The fraction of sp³-hybridized carbons (Fsp3) is 0.182. The predicted octanol–water partition coefficient (Wildman–Crippen LogP) is 1.40. The molecule has 0 bridgehead atoms. The third-order valence-corrected chi connectivity index (χ3v) is 3.28. The van der Waals surface area contributed by atoms with E-state index in [1.807, 2.05) is 0 Å². The molecule has 0 saturated heterocycles. The van der Waals surface area contributed by atoms with Crippen LogP contribution in [0, 0.1) is 0 Å². The molecule has 3 N–H and O–H groups in total. The van der Waals surface area contributed by atoms with E-state index in [-0.39, 0.29) is 10.5 Å². The number of benzene rings is 1. The number of rotatable bonds is 6. The highest BCUT2D eigenvalue weighted by molar-refractivity contribution is 8.00. The number of carboxylic acids is 3. The van der Waals surface area contributed by atoms with Crippen LogP contribution in [0.2, 0.25) is 0 Å². The zero-order valence-electron chi connectivity index (χ0n) is 9.07. The summed E-state index contributed by atoms with van der Waals surface area (Å²) in [6.07, 6.45) is -0.575. The molecule has 96 valence electrons. The van der Waals surface area contributed by atoms with E-state index in [1.54, 1.807) is 6.07 Å². The molecule has 0 heterocycles. The summed E-state index contributed by atoms with van der Waals surface area (Å²) < 4.78 is 0. The van der Waals surface area contributed by atoms with Crippen LogP contribution in [0.15, 0.2) is 29.2 Å². The normalized spacial score (nSPS) is 11.8. The number of hydrogen-bond acceptors (Lipinski definition) is 4. The molecule has 0 radical (unpaired) electrons. The van der Waals surface area contributed by atoms with E-state index in [1.165, 1.54) is 18.2 Å².